The number of likely N-dealkylation sites (tertiary alicyclic amines) is 1. The van der Waals surface area contributed by atoms with Gasteiger partial charge in [-0.15, -0.1) is 0 Å². The van der Waals surface area contributed by atoms with E-state index in [0.717, 1.165) is 18.2 Å². The molecule has 1 fully saturated rings. The maximum Gasteiger partial charge on any atom is 0.410 e. The Morgan fingerprint density at radius 3 is 2.43 bits per heavy atom. The molecule has 0 aliphatic carbocycles. The summed E-state index contributed by atoms with van der Waals surface area (Å²) in [7, 11) is 0. The van der Waals surface area contributed by atoms with Crippen LogP contribution in [0.5, 0.6) is 0 Å². The highest BCUT2D eigenvalue weighted by molar-refractivity contribution is 5.88. The molecule has 2 aromatic rings. The molecule has 2 amide bonds. The molecule has 8 nitrogen and oxygen atoms in total. The van der Waals surface area contributed by atoms with Crippen molar-refractivity contribution in [2.45, 2.75) is 64.4 Å². The third-order valence-corrected chi connectivity index (χ3v) is 6.34. The van der Waals surface area contributed by atoms with Gasteiger partial charge in [0.05, 0.1) is 5.69 Å². The van der Waals surface area contributed by atoms with Crippen molar-refractivity contribution < 1.29 is 23.1 Å². The average molecular weight is 488 g/mol. The Bertz CT molecular complexity index is 1130. The van der Waals surface area contributed by atoms with Gasteiger partial charge >= 0.3 is 6.09 Å². The van der Waals surface area contributed by atoms with Crippen molar-refractivity contribution >= 4 is 29.3 Å². The molecule has 0 bridgehead atoms. The molecule has 0 saturated carbocycles. The minimum absolute atomic E-state index is 0.256. The number of hydrogen-bond donors (Lipinski definition) is 1. The maximum atomic E-state index is 14.0. The predicted octanol–water partition coefficient (Wildman–Crippen LogP) is 4.97. The van der Waals surface area contributed by atoms with Crippen LogP contribution in [0.25, 0.3) is 0 Å². The van der Waals surface area contributed by atoms with Crippen molar-refractivity contribution in [1.29, 1.82) is 0 Å². The monoisotopic (exact) mass is 487 g/mol. The van der Waals surface area contributed by atoms with E-state index in [-0.39, 0.29) is 23.1 Å². The molecule has 0 aromatic carbocycles. The van der Waals surface area contributed by atoms with Gasteiger partial charge in [-0.1, -0.05) is 6.07 Å². The van der Waals surface area contributed by atoms with Crippen LogP contribution in [0.1, 0.15) is 58.7 Å². The average Bonchev–Trinajstić information content (AvgIpc) is 3.05. The summed E-state index contributed by atoms with van der Waals surface area (Å²) in [5, 5.41) is 2.69. The number of anilines is 3. The second kappa shape index (κ2) is 8.73. The first-order valence-corrected chi connectivity index (χ1v) is 11.7. The van der Waals surface area contributed by atoms with E-state index in [0.29, 0.717) is 44.1 Å². The highest BCUT2D eigenvalue weighted by Crippen LogP contribution is 2.50. The van der Waals surface area contributed by atoms with Crippen LogP contribution in [0.2, 0.25) is 0 Å². The van der Waals surface area contributed by atoms with Gasteiger partial charge in [0.2, 0.25) is 5.91 Å². The van der Waals surface area contributed by atoms with Gasteiger partial charge in [-0.05, 0) is 45.7 Å². The van der Waals surface area contributed by atoms with Crippen LogP contribution in [0.15, 0.2) is 30.5 Å². The molecule has 10 heteroatoms. The molecule has 2 aliphatic rings. The lowest BCUT2D eigenvalue weighted by molar-refractivity contribution is -0.114. The van der Waals surface area contributed by atoms with Crippen LogP contribution < -0.4 is 10.2 Å². The Balaban J connectivity index is 1.67. The molecule has 0 unspecified atom stereocenters. The molecule has 1 saturated heterocycles. The Labute approximate surface area is 203 Å². The van der Waals surface area contributed by atoms with Crippen LogP contribution in [0.4, 0.5) is 30.9 Å². The number of ether oxygens (including phenoxy) is 1. The highest BCUT2D eigenvalue weighted by atomic mass is 19.3. The van der Waals surface area contributed by atoms with Crippen molar-refractivity contribution in [2.24, 2.45) is 0 Å². The predicted molar refractivity (Wildman–Crippen MR) is 128 cm³/mol. The van der Waals surface area contributed by atoms with Gasteiger partial charge in [0.25, 0.3) is 5.92 Å². The summed E-state index contributed by atoms with van der Waals surface area (Å²) in [4.78, 5) is 36.5. The number of alkyl halides is 2. The molecule has 1 spiro atoms. The molecule has 0 atom stereocenters. The van der Waals surface area contributed by atoms with E-state index < -0.39 is 11.5 Å². The number of halogens is 2. The molecule has 35 heavy (non-hydrogen) atoms. The number of piperidine rings is 1. The van der Waals surface area contributed by atoms with Crippen molar-refractivity contribution in [3.8, 4) is 0 Å². The number of aromatic nitrogens is 2. The van der Waals surface area contributed by atoms with Crippen molar-refractivity contribution in [2.75, 3.05) is 29.9 Å². The fraction of sp³-hybridized carbons (Fsp3) is 0.520. The van der Waals surface area contributed by atoms with Crippen LogP contribution in [-0.2, 0) is 20.9 Å². The van der Waals surface area contributed by atoms with Gasteiger partial charge in [-0.25, -0.2) is 14.8 Å². The van der Waals surface area contributed by atoms with Crippen molar-refractivity contribution in [3.05, 3.63) is 41.7 Å². The maximum absolute atomic E-state index is 14.0. The number of carbonyl (C=O) groups is 2. The first-order valence-electron chi connectivity index (χ1n) is 11.7. The van der Waals surface area contributed by atoms with E-state index >= 15 is 0 Å². The number of hydrogen-bond acceptors (Lipinski definition) is 6. The minimum Gasteiger partial charge on any atom is -0.444 e. The second-order valence-electron chi connectivity index (χ2n) is 10.4. The Morgan fingerprint density at radius 2 is 1.83 bits per heavy atom. The van der Waals surface area contributed by atoms with E-state index in [9.17, 15) is 18.4 Å². The van der Waals surface area contributed by atoms with Crippen molar-refractivity contribution in [3.63, 3.8) is 0 Å². The first kappa shape index (κ1) is 24.8. The summed E-state index contributed by atoms with van der Waals surface area (Å²) < 4.78 is 33.6. The standard InChI is InChI=1S/C25H31F2N5O3/c1-16(33)29-20-13-18-17(14-28-20)25(9-11-31(12-10-25)22(34)35-23(2,3)4)15-32(18)21-8-6-7-19(30-21)24(5,26)27/h6-8,13-14H,9-12,15H2,1-5H3,(H,28,29,33). The van der Waals surface area contributed by atoms with Crippen LogP contribution >= 0.6 is 0 Å². The Morgan fingerprint density at radius 1 is 1.14 bits per heavy atom. The normalized spacial score (nSPS) is 17.3. The van der Waals surface area contributed by atoms with E-state index in [1.54, 1.807) is 29.3 Å². The molecular formula is C25H31F2N5O3. The van der Waals surface area contributed by atoms with E-state index in [1.807, 2.05) is 25.7 Å². The van der Waals surface area contributed by atoms with Gasteiger partial charge in [-0.3, -0.25) is 4.79 Å². The number of carbonyl (C=O) groups excluding carboxylic acids is 2. The van der Waals surface area contributed by atoms with Gasteiger partial charge < -0.3 is 19.9 Å². The molecule has 4 rings (SSSR count). The zero-order valence-electron chi connectivity index (χ0n) is 20.7. The van der Waals surface area contributed by atoms with E-state index in [2.05, 4.69) is 15.3 Å². The third kappa shape index (κ3) is 5.21. The fourth-order valence-electron chi connectivity index (χ4n) is 4.69. The van der Waals surface area contributed by atoms with Gasteiger partial charge in [0.15, 0.2) is 0 Å². The van der Waals surface area contributed by atoms with E-state index in [4.69, 9.17) is 4.74 Å². The third-order valence-electron chi connectivity index (χ3n) is 6.34. The minimum atomic E-state index is -3.07. The zero-order chi connectivity index (χ0) is 25.6. The molecule has 2 aromatic heterocycles. The topological polar surface area (TPSA) is 87.7 Å². The zero-order valence-corrected chi connectivity index (χ0v) is 20.7. The molecule has 188 valence electrons. The summed E-state index contributed by atoms with van der Waals surface area (Å²) >= 11 is 0. The summed E-state index contributed by atoms with van der Waals surface area (Å²) in [6.07, 6.45) is 2.70. The summed E-state index contributed by atoms with van der Waals surface area (Å²) in [6, 6.07) is 6.34. The molecular weight excluding hydrogens is 456 g/mol. The SMILES string of the molecule is CC(=O)Nc1cc2c(cn1)C1(CCN(C(=O)OC(C)(C)C)CC1)CN2c1cccc(C(C)(F)F)n1. The summed E-state index contributed by atoms with van der Waals surface area (Å²) in [6.45, 7) is 9.22. The number of amides is 2. The first-order chi connectivity index (χ1) is 16.3. The lowest BCUT2D eigenvalue weighted by Gasteiger charge is -2.40. The Kier molecular flexibility index (Phi) is 6.19. The van der Waals surface area contributed by atoms with Gasteiger partial charge in [-0.2, -0.15) is 8.78 Å². The summed E-state index contributed by atoms with van der Waals surface area (Å²) in [5.74, 6) is -2.56. The second-order valence-corrected chi connectivity index (χ2v) is 10.4. The Hall–Kier alpha value is -3.30. The summed E-state index contributed by atoms with van der Waals surface area (Å²) in [5.41, 5.74) is 0.477. The van der Waals surface area contributed by atoms with Gasteiger partial charge in [0, 0.05) is 56.7 Å². The van der Waals surface area contributed by atoms with Crippen molar-refractivity contribution in [1.82, 2.24) is 14.9 Å². The number of pyridine rings is 2. The molecule has 0 radical (unpaired) electrons. The number of nitrogens with one attached hydrogen (secondary N) is 1. The number of fused-ring (bicyclic) bond motifs is 2. The fourth-order valence-corrected chi connectivity index (χ4v) is 4.69. The molecule has 1 N–H and O–H groups in total. The van der Waals surface area contributed by atoms with Gasteiger partial charge in [0.1, 0.15) is 22.9 Å². The lowest BCUT2D eigenvalue weighted by atomic mass is 9.75. The van der Waals surface area contributed by atoms with Crippen LogP contribution in [-0.4, -0.2) is 52.1 Å². The van der Waals surface area contributed by atoms with Crippen LogP contribution in [0.3, 0.4) is 0 Å². The van der Waals surface area contributed by atoms with Crippen LogP contribution in [0, 0.1) is 0 Å². The number of rotatable bonds is 3. The largest absolute Gasteiger partial charge is 0.444 e. The smallest absolute Gasteiger partial charge is 0.410 e. The molecule has 4 heterocycles. The quantitative estimate of drug-likeness (QED) is 0.658. The molecule has 2 aliphatic heterocycles. The van der Waals surface area contributed by atoms with E-state index in [1.165, 1.54) is 13.0 Å². The highest BCUT2D eigenvalue weighted by Gasteiger charge is 2.47. The number of nitrogens with zero attached hydrogens (tertiary/aromatic N) is 4. The lowest BCUT2D eigenvalue weighted by Crippen LogP contribution is -2.48.